The van der Waals surface area contributed by atoms with Gasteiger partial charge in [-0.25, -0.2) is 9.59 Å². The highest BCUT2D eigenvalue weighted by molar-refractivity contribution is 9.09. The molecule has 0 aromatic carbocycles. The van der Waals surface area contributed by atoms with Crippen molar-refractivity contribution in [3.05, 3.63) is 0 Å². The Morgan fingerprint density at radius 2 is 2.11 bits per heavy atom. The number of alkyl halides is 1. The molecule has 5 nitrogen and oxygen atoms in total. The van der Waals surface area contributed by atoms with Crippen LogP contribution in [0.15, 0.2) is 0 Å². The summed E-state index contributed by atoms with van der Waals surface area (Å²) in [6.45, 7) is 2.72. The Bertz CT molecular complexity index is 363. The zero-order valence-corrected chi connectivity index (χ0v) is 12.9. The number of ether oxygens (including phenoxy) is 2. The third kappa shape index (κ3) is 2.59. The van der Waals surface area contributed by atoms with Crippen molar-refractivity contribution in [1.82, 2.24) is 4.90 Å². The Labute approximate surface area is 121 Å². The predicted octanol–water partition coefficient (Wildman–Crippen LogP) is 2.04. The van der Waals surface area contributed by atoms with Crippen molar-refractivity contribution >= 4 is 28.0 Å². The van der Waals surface area contributed by atoms with E-state index in [4.69, 9.17) is 9.47 Å². The fraction of sp³-hybridized carbons (Fsp3) is 0.846. The van der Waals surface area contributed by atoms with Crippen LogP contribution in [0.5, 0.6) is 0 Å². The highest BCUT2D eigenvalue weighted by atomic mass is 79.9. The number of carbonyl (C=O) groups is 2. The number of hydrogen-bond acceptors (Lipinski definition) is 4. The van der Waals surface area contributed by atoms with E-state index in [0.717, 1.165) is 18.2 Å². The SMILES string of the molecule is CCOC(=O)C1C2C(CBr)CCC2CN1C(=O)OC. The predicted molar refractivity (Wildman–Crippen MR) is 73.0 cm³/mol. The molecule has 6 heteroatoms. The maximum absolute atomic E-state index is 12.2. The van der Waals surface area contributed by atoms with Crippen LogP contribution in [-0.2, 0) is 14.3 Å². The van der Waals surface area contributed by atoms with Crippen molar-refractivity contribution in [3.63, 3.8) is 0 Å². The minimum atomic E-state index is -0.484. The summed E-state index contributed by atoms with van der Waals surface area (Å²) in [6.07, 6.45) is 1.73. The molecule has 19 heavy (non-hydrogen) atoms. The smallest absolute Gasteiger partial charge is 0.410 e. The molecule has 108 valence electrons. The molecular weight excluding hydrogens is 314 g/mol. The lowest BCUT2D eigenvalue weighted by atomic mass is 9.87. The molecule has 2 fully saturated rings. The topological polar surface area (TPSA) is 55.8 Å². The monoisotopic (exact) mass is 333 g/mol. The molecule has 1 heterocycles. The number of methoxy groups -OCH3 is 1. The lowest BCUT2D eigenvalue weighted by molar-refractivity contribution is -0.149. The van der Waals surface area contributed by atoms with Crippen molar-refractivity contribution < 1.29 is 19.1 Å². The highest BCUT2D eigenvalue weighted by Crippen LogP contribution is 2.47. The molecular formula is C13H20BrNO4. The van der Waals surface area contributed by atoms with E-state index in [2.05, 4.69) is 15.9 Å². The Hall–Kier alpha value is -0.780. The van der Waals surface area contributed by atoms with Gasteiger partial charge in [-0.2, -0.15) is 0 Å². The van der Waals surface area contributed by atoms with Gasteiger partial charge >= 0.3 is 12.1 Å². The van der Waals surface area contributed by atoms with Crippen LogP contribution in [0.3, 0.4) is 0 Å². The van der Waals surface area contributed by atoms with Crippen molar-refractivity contribution in [2.24, 2.45) is 17.8 Å². The Balaban J connectivity index is 2.23. The van der Waals surface area contributed by atoms with Crippen molar-refractivity contribution in [2.45, 2.75) is 25.8 Å². The van der Waals surface area contributed by atoms with Crippen LogP contribution in [0.4, 0.5) is 4.79 Å². The Morgan fingerprint density at radius 1 is 1.37 bits per heavy atom. The third-order valence-corrected chi connectivity index (χ3v) is 5.10. The zero-order valence-electron chi connectivity index (χ0n) is 11.3. The standard InChI is InChI=1S/C13H20BrNO4/c1-3-19-12(16)11-10-8(6-14)4-5-9(10)7-15(11)13(17)18-2/h8-11H,3-7H2,1-2H3. The molecule has 1 aliphatic carbocycles. The molecule has 1 aliphatic heterocycles. The van der Waals surface area contributed by atoms with Crippen molar-refractivity contribution in [1.29, 1.82) is 0 Å². The fourth-order valence-electron chi connectivity index (χ4n) is 3.50. The first-order valence-corrected chi connectivity index (χ1v) is 7.83. The number of likely N-dealkylation sites (tertiary alicyclic amines) is 1. The van der Waals surface area contributed by atoms with Gasteiger partial charge < -0.3 is 9.47 Å². The second-order valence-corrected chi connectivity index (χ2v) is 5.80. The first-order valence-electron chi connectivity index (χ1n) is 6.71. The number of esters is 1. The van der Waals surface area contributed by atoms with Crippen LogP contribution in [0.2, 0.25) is 0 Å². The molecule has 4 atom stereocenters. The average molecular weight is 334 g/mol. The van der Waals surface area contributed by atoms with Crippen LogP contribution >= 0.6 is 15.9 Å². The summed E-state index contributed by atoms with van der Waals surface area (Å²) >= 11 is 3.52. The fourth-order valence-corrected chi connectivity index (χ4v) is 4.25. The summed E-state index contributed by atoms with van der Waals surface area (Å²) in [7, 11) is 1.35. The quantitative estimate of drug-likeness (QED) is 0.585. The van der Waals surface area contributed by atoms with E-state index in [1.165, 1.54) is 7.11 Å². The highest BCUT2D eigenvalue weighted by Gasteiger charge is 2.54. The van der Waals surface area contributed by atoms with Crippen LogP contribution in [-0.4, -0.2) is 48.6 Å². The number of fused-ring (bicyclic) bond motifs is 1. The first kappa shape index (κ1) is 14.6. The summed E-state index contributed by atoms with van der Waals surface area (Å²) in [5.41, 5.74) is 0. The summed E-state index contributed by atoms with van der Waals surface area (Å²) in [4.78, 5) is 25.6. The Morgan fingerprint density at radius 3 is 2.68 bits per heavy atom. The lowest BCUT2D eigenvalue weighted by Gasteiger charge is -2.27. The van der Waals surface area contributed by atoms with Gasteiger partial charge in [0.15, 0.2) is 0 Å². The molecule has 2 rings (SSSR count). The van der Waals surface area contributed by atoms with Gasteiger partial charge in [-0.15, -0.1) is 0 Å². The molecule has 2 aliphatic rings. The number of amides is 1. The zero-order chi connectivity index (χ0) is 14.0. The van der Waals surface area contributed by atoms with Crippen LogP contribution in [0.1, 0.15) is 19.8 Å². The molecule has 0 N–H and O–H groups in total. The van der Waals surface area contributed by atoms with E-state index in [1.807, 2.05) is 0 Å². The van der Waals surface area contributed by atoms with Gasteiger partial charge in [-0.1, -0.05) is 15.9 Å². The first-order chi connectivity index (χ1) is 9.13. The molecule has 1 saturated heterocycles. The number of nitrogens with zero attached hydrogens (tertiary/aromatic N) is 1. The van der Waals surface area contributed by atoms with Crippen LogP contribution < -0.4 is 0 Å². The summed E-state index contributed by atoms with van der Waals surface area (Å²) in [5, 5.41) is 0.860. The van der Waals surface area contributed by atoms with Gasteiger partial charge in [0.2, 0.25) is 0 Å². The minimum absolute atomic E-state index is 0.192. The Kier molecular flexibility index (Phi) is 4.71. The second kappa shape index (κ2) is 6.11. The van der Waals surface area contributed by atoms with E-state index in [-0.39, 0.29) is 11.9 Å². The molecule has 0 aromatic heterocycles. The number of hydrogen-bond donors (Lipinski definition) is 0. The number of rotatable bonds is 3. The number of halogens is 1. The van der Waals surface area contributed by atoms with Crippen LogP contribution in [0, 0.1) is 17.8 Å². The summed E-state index contributed by atoms with van der Waals surface area (Å²) in [6, 6.07) is -0.484. The minimum Gasteiger partial charge on any atom is -0.464 e. The molecule has 0 spiro atoms. The largest absolute Gasteiger partial charge is 0.464 e. The summed E-state index contributed by atoms with van der Waals surface area (Å²) in [5.74, 6) is 0.705. The van der Waals surface area contributed by atoms with E-state index in [0.29, 0.717) is 25.0 Å². The van der Waals surface area contributed by atoms with E-state index in [1.54, 1.807) is 11.8 Å². The van der Waals surface area contributed by atoms with E-state index in [9.17, 15) is 9.59 Å². The average Bonchev–Trinajstić information content (AvgIpc) is 2.95. The van der Waals surface area contributed by atoms with E-state index >= 15 is 0 Å². The van der Waals surface area contributed by atoms with Crippen molar-refractivity contribution in [3.8, 4) is 0 Å². The van der Waals surface area contributed by atoms with Gasteiger partial charge in [0.05, 0.1) is 13.7 Å². The van der Waals surface area contributed by atoms with Gasteiger partial charge in [-0.3, -0.25) is 4.90 Å². The van der Waals surface area contributed by atoms with Gasteiger partial charge in [-0.05, 0) is 37.5 Å². The normalized spacial score (nSPS) is 33.1. The third-order valence-electron chi connectivity index (χ3n) is 4.26. The number of carbonyl (C=O) groups excluding carboxylic acids is 2. The molecule has 0 aromatic rings. The maximum Gasteiger partial charge on any atom is 0.410 e. The lowest BCUT2D eigenvalue weighted by Crippen LogP contribution is -2.45. The summed E-state index contributed by atoms with van der Waals surface area (Å²) < 4.78 is 9.94. The van der Waals surface area contributed by atoms with Crippen molar-refractivity contribution in [2.75, 3.05) is 25.6 Å². The molecule has 1 saturated carbocycles. The van der Waals surface area contributed by atoms with E-state index < -0.39 is 12.1 Å². The second-order valence-electron chi connectivity index (χ2n) is 5.15. The maximum atomic E-state index is 12.2. The molecule has 0 radical (unpaired) electrons. The molecule has 0 bridgehead atoms. The van der Waals surface area contributed by atoms with Gasteiger partial charge in [0.1, 0.15) is 6.04 Å². The van der Waals surface area contributed by atoms with Crippen LogP contribution in [0.25, 0.3) is 0 Å². The molecule has 4 unspecified atom stereocenters. The molecule has 1 amide bonds. The van der Waals surface area contributed by atoms with Gasteiger partial charge in [0.25, 0.3) is 0 Å². The van der Waals surface area contributed by atoms with Gasteiger partial charge in [0, 0.05) is 11.9 Å².